The van der Waals surface area contributed by atoms with Crippen molar-refractivity contribution < 1.29 is 24.5 Å². The molecule has 1 aliphatic carbocycles. The number of hydrogen-bond donors (Lipinski definition) is 2. The Labute approximate surface area is 118 Å². The molecule has 3 aliphatic rings. The van der Waals surface area contributed by atoms with Crippen LogP contribution < -0.4 is 0 Å². The van der Waals surface area contributed by atoms with Crippen molar-refractivity contribution in [3.8, 4) is 0 Å². The van der Waals surface area contributed by atoms with Gasteiger partial charge in [0.25, 0.3) is 0 Å². The van der Waals surface area contributed by atoms with Gasteiger partial charge >= 0.3 is 5.97 Å². The van der Waals surface area contributed by atoms with Crippen molar-refractivity contribution in [1.29, 1.82) is 0 Å². The van der Waals surface area contributed by atoms with Crippen LogP contribution in [0.25, 0.3) is 0 Å². The topological polar surface area (TPSA) is 76.0 Å². The lowest BCUT2D eigenvalue weighted by atomic mass is 9.65. The van der Waals surface area contributed by atoms with E-state index in [-0.39, 0.29) is 29.8 Å². The Bertz CT molecular complexity index is 448. The van der Waals surface area contributed by atoms with Crippen LogP contribution in [0.2, 0.25) is 0 Å². The highest BCUT2D eigenvalue weighted by Crippen LogP contribution is 2.54. The molecule has 5 nitrogen and oxygen atoms in total. The largest absolute Gasteiger partial charge is 0.458 e. The van der Waals surface area contributed by atoms with Crippen LogP contribution in [0.5, 0.6) is 0 Å². The molecule has 2 aliphatic heterocycles. The molecule has 2 N–H and O–H groups in total. The van der Waals surface area contributed by atoms with E-state index in [1.807, 2.05) is 6.92 Å². The van der Waals surface area contributed by atoms with Crippen LogP contribution in [0.1, 0.15) is 33.1 Å². The second-order valence-electron chi connectivity index (χ2n) is 6.78. The number of ether oxygens (including phenoxy) is 2. The first kappa shape index (κ1) is 14.0. The maximum atomic E-state index is 11.7. The van der Waals surface area contributed by atoms with Gasteiger partial charge in [-0.25, -0.2) is 4.79 Å². The fourth-order valence-corrected chi connectivity index (χ4v) is 4.31. The van der Waals surface area contributed by atoms with Gasteiger partial charge in [-0.1, -0.05) is 20.4 Å². The van der Waals surface area contributed by atoms with Crippen molar-refractivity contribution in [3.63, 3.8) is 0 Å². The highest BCUT2D eigenvalue weighted by molar-refractivity contribution is 5.90. The van der Waals surface area contributed by atoms with Crippen LogP contribution in [0.4, 0.5) is 0 Å². The molecule has 20 heavy (non-hydrogen) atoms. The number of hydrogen-bond acceptors (Lipinski definition) is 5. The summed E-state index contributed by atoms with van der Waals surface area (Å²) >= 11 is 0. The normalized spacial score (nSPS) is 52.0. The Kier molecular flexibility index (Phi) is 3.19. The molecule has 5 heteroatoms. The average molecular weight is 282 g/mol. The number of esters is 1. The summed E-state index contributed by atoms with van der Waals surface area (Å²) in [4.78, 5) is 11.7. The third-order valence-corrected chi connectivity index (χ3v) is 5.52. The fourth-order valence-electron chi connectivity index (χ4n) is 4.31. The molecule has 7 atom stereocenters. The van der Waals surface area contributed by atoms with Gasteiger partial charge in [0.2, 0.25) is 0 Å². The second kappa shape index (κ2) is 4.55. The van der Waals surface area contributed by atoms with Crippen molar-refractivity contribution in [2.75, 3.05) is 0 Å². The van der Waals surface area contributed by atoms with Gasteiger partial charge in [-0.15, -0.1) is 0 Å². The number of rotatable bonds is 0. The molecule has 0 unspecified atom stereocenters. The standard InChI is InChI=1S/C15H22O5/c1-7-4-11-9(8(2)13(17)19-11)6-15(3)10(7)5-12(16)20-14(15)18/h7,9-12,14,16,18H,2,4-6H2,1,3H3/t7-,9+,10-,11+,12-,14-,15-/m0/s1. The Hall–Kier alpha value is -0.910. The molecule has 1 saturated carbocycles. The number of carbonyl (C=O) groups excluding carboxylic acids is 1. The maximum Gasteiger partial charge on any atom is 0.334 e. The zero-order valence-electron chi connectivity index (χ0n) is 11.9. The Morgan fingerprint density at radius 2 is 2.05 bits per heavy atom. The van der Waals surface area contributed by atoms with Crippen molar-refractivity contribution >= 4 is 5.97 Å². The Balaban J connectivity index is 1.96. The maximum absolute atomic E-state index is 11.7. The van der Waals surface area contributed by atoms with Crippen molar-refractivity contribution in [2.24, 2.45) is 23.2 Å². The van der Waals surface area contributed by atoms with Gasteiger partial charge in [-0.05, 0) is 24.7 Å². The first-order chi connectivity index (χ1) is 9.33. The highest BCUT2D eigenvalue weighted by Gasteiger charge is 2.56. The summed E-state index contributed by atoms with van der Waals surface area (Å²) in [6.45, 7) is 7.91. The summed E-state index contributed by atoms with van der Waals surface area (Å²) in [5.41, 5.74) is 0.0111. The van der Waals surface area contributed by atoms with E-state index >= 15 is 0 Å². The van der Waals surface area contributed by atoms with Crippen LogP contribution in [0.15, 0.2) is 12.2 Å². The molecular weight excluding hydrogens is 260 g/mol. The number of carbonyl (C=O) groups is 1. The van der Waals surface area contributed by atoms with Gasteiger partial charge in [-0.2, -0.15) is 0 Å². The van der Waals surface area contributed by atoms with Gasteiger partial charge in [0.1, 0.15) is 6.10 Å². The third-order valence-electron chi connectivity index (χ3n) is 5.52. The van der Waals surface area contributed by atoms with Crippen LogP contribution >= 0.6 is 0 Å². The van der Waals surface area contributed by atoms with Crippen molar-refractivity contribution in [1.82, 2.24) is 0 Å². The lowest BCUT2D eigenvalue weighted by molar-refractivity contribution is -0.304. The fraction of sp³-hybridized carbons (Fsp3) is 0.800. The first-order valence-electron chi connectivity index (χ1n) is 7.24. The summed E-state index contributed by atoms with van der Waals surface area (Å²) in [5.74, 6) is -0.00537. The van der Waals surface area contributed by atoms with Crippen LogP contribution in [-0.2, 0) is 14.3 Å². The van der Waals surface area contributed by atoms with E-state index in [0.29, 0.717) is 18.4 Å². The summed E-state index contributed by atoms with van der Waals surface area (Å²) in [6.07, 6.45) is -0.249. The molecule has 2 heterocycles. The van der Waals surface area contributed by atoms with Crippen LogP contribution in [0.3, 0.4) is 0 Å². The second-order valence-corrected chi connectivity index (χ2v) is 6.78. The third kappa shape index (κ3) is 1.91. The molecule has 0 amide bonds. The molecule has 0 aromatic heterocycles. The van der Waals surface area contributed by atoms with Gasteiger partial charge < -0.3 is 19.7 Å². The molecule has 3 fully saturated rings. The molecule has 3 rings (SSSR count). The molecule has 0 radical (unpaired) electrons. The monoisotopic (exact) mass is 282 g/mol. The highest BCUT2D eigenvalue weighted by atomic mass is 16.7. The minimum Gasteiger partial charge on any atom is -0.458 e. The lowest BCUT2D eigenvalue weighted by Crippen LogP contribution is -2.51. The van der Waals surface area contributed by atoms with E-state index in [1.54, 1.807) is 0 Å². The molecule has 0 aromatic carbocycles. The van der Waals surface area contributed by atoms with Crippen molar-refractivity contribution in [2.45, 2.75) is 51.8 Å². The minimum absolute atomic E-state index is 0.0616. The number of aliphatic hydroxyl groups is 2. The summed E-state index contributed by atoms with van der Waals surface area (Å²) < 4.78 is 10.6. The zero-order valence-corrected chi connectivity index (χ0v) is 11.9. The Morgan fingerprint density at radius 1 is 1.35 bits per heavy atom. The van der Waals surface area contributed by atoms with E-state index in [9.17, 15) is 15.0 Å². The van der Waals surface area contributed by atoms with Crippen molar-refractivity contribution in [3.05, 3.63) is 12.2 Å². The van der Waals surface area contributed by atoms with E-state index in [1.165, 1.54) is 0 Å². The summed E-state index contributed by atoms with van der Waals surface area (Å²) in [5, 5.41) is 20.1. The molecule has 112 valence electrons. The summed E-state index contributed by atoms with van der Waals surface area (Å²) in [6, 6.07) is 0. The van der Waals surface area contributed by atoms with E-state index in [0.717, 1.165) is 6.42 Å². The number of fused-ring (bicyclic) bond motifs is 2. The van der Waals surface area contributed by atoms with E-state index < -0.39 is 18.0 Å². The van der Waals surface area contributed by atoms with E-state index in [2.05, 4.69) is 13.5 Å². The van der Waals surface area contributed by atoms with Crippen LogP contribution in [0, 0.1) is 23.2 Å². The molecular formula is C15H22O5. The quantitative estimate of drug-likeness (QED) is 0.515. The summed E-state index contributed by atoms with van der Waals surface area (Å²) in [7, 11) is 0. The Morgan fingerprint density at radius 3 is 2.75 bits per heavy atom. The molecule has 0 bridgehead atoms. The predicted octanol–water partition coefficient (Wildman–Crippen LogP) is 1.19. The molecule has 0 spiro atoms. The smallest absolute Gasteiger partial charge is 0.334 e. The van der Waals surface area contributed by atoms with E-state index in [4.69, 9.17) is 9.47 Å². The van der Waals surface area contributed by atoms with Gasteiger partial charge in [-0.3, -0.25) is 0 Å². The first-order valence-corrected chi connectivity index (χ1v) is 7.24. The predicted molar refractivity (Wildman–Crippen MR) is 70.2 cm³/mol. The molecule has 2 saturated heterocycles. The lowest BCUT2D eigenvalue weighted by Gasteiger charge is -2.48. The SMILES string of the molecule is C=C1C(=O)O[C@@H]2C[C@H](C)[C@@H]3C[C@@H](O)O[C@H](O)[C@@]3(C)C[C@H]12. The van der Waals surface area contributed by atoms with Gasteiger partial charge in [0.15, 0.2) is 12.6 Å². The number of aliphatic hydroxyl groups excluding tert-OH is 2. The minimum atomic E-state index is -1.03. The van der Waals surface area contributed by atoms with Gasteiger partial charge in [0, 0.05) is 23.3 Å². The molecule has 0 aromatic rings. The van der Waals surface area contributed by atoms with Crippen LogP contribution in [-0.4, -0.2) is 34.9 Å². The zero-order chi connectivity index (χ0) is 14.7. The van der Waals surface area contributed by atoms with Gasteiger partial charge in [0.05, 0.1) is 0 Å². The average Bonchev–Trinajstić information content (AvgIpc) is 2.55.